The number of carbonyl (C=O) groups is 4. The largest absolute Gasteiger partial charge is 0.427 e. The number of rotatable bonds is 8. The molecule has 0 unspecified atom stereocenters. The van der Waals surface area contributed by atoms with E-state index < -0.39 is 32.5 Å². The fourth-order valence-electron chi connectivity index (χ4n) is 4.63. The van der Waals surface area contributed by atoms with Crippen LogP contribution in [-0.4, -0.2) is 67.7 Å². The van der Waals surface area contributed by atoms with E-state index in [1.54, 1.807) is 20.8 Å². The molecule has 37 heavy (non-hydrogen) atoms. The monoisotopic (exact) mass is 554 g/mol. The van der Waals surface area contributed by atoms with E-state index in [4.69, 9.17) is 13.9 Å². The van der Waals surface area contributed by atoms with Gasteiger partial charge in [0.2, 0.25) is 18.6 Å². The van der Waals surface area contributed by atoms with Crippen molar-refractivity contribution in [3.8, 4) is 0 Å². The van der Waals surface area contributed by atoms with E-state index in [-0.39, 0.29) is 51.8 Å². The highest BCUT2D eigenvalue weighted by Crippen LogP contribution is 2.53. The van der Waals surface area contributed by atoms with E-state index in [9.17, 15) is 19.2 Å². The van der Waals surface area contributed by atoms with Gasteiger partial charge in [-0.15, -0.1) is 11.8 Å². The maximum Gasteiger partial charge on any atom is 0.358 e. The Balaban J connectivity index is 1.82. The Hall–Kier alpha value is -1.85. The molecule has 0 aromatic carbocycles. The van der Waals surface area contributed by atoms with Crippen LogP contribution in [0, 0.1) is 17.3 Å². The predicted octanol–water partition coefficient (Wildman–Crippen LogP) is 3.80. The molecule has 3 rings (SSSR count). The quantitative estimate of drug-likeness (QED) is 0.209. The molecule has 0 aliphatic carbocycles. The minimum atomic E-state index is -2.12. The van der Waals surface area contributed by atoms with E-state index in [0.29, 0.717) is 13.0 Å². The van der Waals surface area contributed by atoms with Crippen LogP contribution in [0.5, 0.6) is 0 Å². The van der Waals surface area contributed by atoms with Crippen LogP contribution >= 0.6 is 11.8 Å². The molecule has 3 aliphatic rings. The zero-order valence-corrected chi connectivity index (χ0v) is 25.5. The van der Waals surface area contributed by atoms with Gasteiger partial charge in [-0.3, -0.25) is 14.4 Å². The molecule has 2 saturated heterocycles. The maximum atomic E-state index is 13.5. The lowest BCUT2D eigenvalue weighted by molar-refractivity contribution is -0.175. The van der Waals surface area contributed by atoms with Gasteiger partial charge in [0.1, 0.15) is 5.70 Å². The first-order valence-electron chi connectivity index (χ1n) is 12.9. The number of thioether (sulfide) groups is 1. The molecule has 0 aromatic rings. The lowest BCUT2D eigenvalue weighted by Crippen LogP contribution is -2.65. The second-order valence-corrected chi connectivity index (χ2v) is 18.9. The number of fused-ring (bicyclic) bond motifs is 1. The van der Waals surface area contributed by atoms with Gasteiger partial charge in [-0.25, -0.2) is 4.79 Å². The molecule has 2 amide bonds. The van der Waals surface area contributed by atoms with Gasteiger partial charge in [0.25, 0.3) is 0 Å². The molecule has 3 heterocycles. The lowest BCUT2D eigenvalue weighted by atomic mass is 9.79. The van der Waals surface area contributed by atoms with Gasteiger partial charge in [0.15, 0.2) is 8.32 Å². The predicted molar refractivity (Wildman–Crippen MR) is 144 cm³/mol. The standard InChI is InChI=1S/C26H42N2O7SSi/c1-14-19-18(15(2)35-37(9,10)26(6,7)8)22(30)28(19)20(21(14)36-16-11-17(29)27-12-16)23(31)33-13-34-24(32)25(3,4)5/h14-16,18-19H,11-13H2,1-10H3,(H,27,29)/t14-,15-,16-,18-,19-/m1/s1. The Bertz CT molecular complexity index is 998. The summed E-state index contributed by atoms with van der Waals surface area (Å²) >= 11 is 1.45. The topological polar surface area (TPSA) is 111 Å². The lowest BCUT2D eigenvalue weighted by Gasteiger charge is -2.50. The molecule has 5 atom stereocenters. The molecule has 0 bridgehead atoms. The summed E-state index contributed by atoms with van der Waals surface area (Å²) in [6, 6.07) is -0.237. The van der Waals surface area contributed by atoms with Gasteiger partial charge in [0, 0.05) is 29.0 Å². The third kappa shape index (κ3) is 5.93. The maximum absolute atomic E-state index is 13.5. The molecule has 208 valence electrons. The Kier molecular flexibility index (Phi) is 8.32. The minimum absolute atomic E-state index is 0.00420. The second-order valence-electron chi connectivity index (χ2n) is 12.8. The number of esters is 2. The van der Waals surface area contributed by atoms with E-state index in [1.165, 1.54) is 16.7 Å². The second kappa shape index (κ2) is 10.4. The van der Waals surface area contributed by atoms with Crippen molar-refractivity contribution < 1.29 is 33.1 Å². The van der Waals surface area contributed by atoms with Crippen LogP contribution in [0.1, 0.15) is 61.8 Å². The Morgan fingerprint density at radius 2 is 1.76 bits per heavy atom. The summed E-state index contributed by atoms with van der Waals surface area (Å²) in [4.78, 5) is 52.9. The van der Waals surface area contributed by atoms with Crippen molar-refractivity contribution in [3.63, 3.8) is 0 Å². The third-order valence-electron chi connectivity index (χ3n) is 7.80. The molecule has 3 aliphatic heterocycles. The van der Waals surface area contributed by atoms with Crippen molar-refractivity contribution in [3.05, 3.63) is 10.6 Å². The molecule has 0 aromatic heterocycles. The van der Waals surface area contributed by atoms with Gasteiger partial charge in [-0.1, -0.05) is 27.7 Å². The number of amides is 2. The molecule has 0 spiro atoms. The molecule has 9 nitrogen and oxygen atoms in total. The number of carbonyl (C=O) groups excluding carboxylic acids is 4. The third-order valence-corrected chi connectivity index (χ3v) is 13.9. The van der Waals surface area contributed by atoms with Crippen molar-refractivity contribution in [2.75, 3.05) is 13.3 Å². The summed E-state index contributed by atoms with van der Waals surface area (Å²) < 4.78 is 17.0. The molecule has 0 saturated carbocycles. The first-order valence-corrected chi connectivity index (χ1v) is 16.7. The highest BCUT2D eigenvalue weighted by Gasteiger charge is 2.61. The summed E-state index contributed by atoms with van der Waals surface area (Å²) in [5.74, 6) is -1.91. The van der Waals surface area contributed by atoms with Crippen LogP contribution < -0.4 is 5.32 Å². The number of nitrogens with one attached hydrogen (secondary N) is 1. The van der Waals surface area contributed by atoms with Gasteiger partial charge in [0.05, 0.1) is 23.5 Å². The average Bonchev–Trinajstić information content (AvgIpc) is 3.25. The van der Waals surface area contributed by atoms with Gasteiger partial charge in [-0.05, 0) is 45.8 Å². The fourth-order valence-corrected chi connectivity index (χ4v) is 7.47. The van der Waals surface area contributed by atoms with Gasteiger partial charge < -0.3 is 24.1 Å². The number of hydrogen-bond acceptors (Lipinski definition) is 8. The highest BCUT2D eigenvalue weighted by atomic mass is 32.2. The number of nitrogens with zero attached hydrogens (tertiary/aromatic N) is 1. The van der Waals surface area contributed by atoms with Crippen molar-refractivity contribution in [2.45, 2.75) is 97.3 Å². The van der Waals surface area contributed by atoms with Crippen LogP contribution in [0.15, 0.2) is 10.6 Å². The zero-order valence-electron chi connectivity index (χ0n) is 23.7. The number of hydrogen-bond donors (Lipinski definition) is 1. The van der Waals surface area contributed by atoms with Crippen molar-refractivity contribution in [2.24, 2.45) is 17.3 Å². The van der Waals surface area contributed by atoms with E-state index >= 15 is 0 Å². The van der Waals surface area contributed by atoms with E-state index in [2.05, 4.69) is 39.2 Å². The zero-order chi connectivity index (χ0) is 28.1. The number of ether oxygens (including phenoxy) is 2. The SMILES string of the molecule is C[C@@H](O[Si](C)(C)C(C)(C)C)[C@H]1C(=O)N2C(C(=O)OCOC(=O)C(C)(C)C)=C(S[C@H]3CNC(=O)C3)[C@H](C)[C@H]12. The Morgan fingerprint density at radius 3 is 2.27 bits per heavy atom. The average molecular weight is 555 g/mol. The van der Waals surface area contributed by atoms with E-state index in [0.717, 1.165) is 4.91 Å². The van der Waals surface area contributed by atoms with Crippen LogP contribution in [0.25, 0.3) is 0 Å². The van der Waals surface area contributed by atoms with Crippen molar-refractivity contribution in [1.82, 2.24) is 10.2 Å². The van der Waals surface area contributed by atoms with Crippen LogP contribution in [-0.2, 0) is 33.1 Å². The van der Waals surface area contributed by atoms with E-state index in [1.807, 2.05) is 13.8 Å². The smallest absolute Gasteiger partial charge is 0.358 e. The first kappa shape index (κ1) is 29.7. The summed E-state index contributed by atoms with van der Waals surface area (Å²) in [7, 11) is -2.12. The van der Waals surface area contributed by atoms with Crippen molar-refractivity contribution >= 4 is 43.8 Å². The summed E-state index contributed by atoms with van der Waals surface area (Å²) in [5, 5.41) is 2.78. The highest BCUT2D eigenvalue weighted by molar-refractivity contribution is 8.03. The molecule has 2 fully saturated rings. The molecular weight excluding hydrogens is 512 g/mol. The molecular formula is C26H42N2O7SSi. The first-order chi connectivity index (χ1) is 16.9. The molecule has 1 N–H and O–H groups in total. The van der Waals surface area contributed by atoms with Crippen LogP contribution in [0.2, 0.25) is 18.1 Å². The van der Waals surface area contributed by atoms with Crippen molar-refractivity contribution in [1.29, 1.82) is 0 Å². The Labute approximate surface area is 225 Å². The summed E-state index contributed by atoms with van der Waals surface area (Å²) in [5.41, 5.74) is -0.544. The summed E-state index contributed by atoms with van der Waals surface area (Å²) in [6.07, 6.45) is 0.0421. The Morgan fingerprint density at radius 1 is 1.14 bits per heavy atom. The normalized spacial score (nSPS) is 27.0. The van der Waals surface area contributed by atoms with Gasteiger partial charge >= 0.3 is 11.9 Å². The molecule has 11 heteroatoms. The molecule has 0 radical (unpaired) electrons. The number of β-lactam (4-membered cyclic amide) rings is 1. The fraction of sp³-hybridized carbons (Fsp3) is 0.769. The van der Waals surface area contributed by atoms with Crippen LogP contribution in [0.3, 0.4) is 0 Å². The minimum Gasteiger partial charge on any atom is -0.427 e. The summed E-state index contributed by atoms with van der Waals surface area (Å²) in [6.45, 7) is 19.8. The van der Waals surface area contributed by atoms with Crippen LogP contribution in [0.4, 0.5) is 0 Å². The van der Waals surface area contributed by atoms with Gasteiger partial charge in [-0.2, -0.15) is 0 Å².